The highest BCUT2D eigenvalue weighted by Gasteiger charge is 2.23. The van der Waals surface area contributed by atoms with Gasteiger partial charge in [0, 0.05) is 31.3 Å². The number of nitrogens with one attached hydrogen (secondary N) is 1. The molecule has 1 aliphatic rings. The maximum atomic E-state index is 12.5. The number of nitrogens with zero attached hydrogens (tertiary/aromatic N) is 2. The lowest BCUT2D eigenvalue weighted by molar-refractivity contribution is -0.116. The van der Waals surface area contributed by atoms with Gasteiger partial charge in [-0.1, -0.05) is 0 Å². The zero-order chi connectivity index (χ0) is 18.0. The molecule has 2 heterocycles. The molecule has 0 spiro atoms. The van der Waals surface area contributed by atoms with Gasteiger partial charge in [0.15, 0.2) is 0 Å². The molecule has 1 N–H and O–H groups in total. The van der Waals surface area contributed by atoms with Crippen molar-refractivity contribution in [3.63, 3.8) is 0 Å². The van der Waals surface area contributed by atoms with Crippen molar-refractivity contribution in [1.82, 2.24) is 10.2 Å². The largest absolute Gasteiger partial charge is 0.468 e. The Morgan fingerprint density at radius 1 is 1.32 bits per heavy atom. The van der Waals surface area contributed by atoms with Gasteiger partial charge in [0.05, 0.1) is 12.3 Å². The van der Waals surface area contributed by atoms with Crippen LogP contribution in [0.2, 0.25) is 0 Å². The first-order chi connectivity index (χ1) is 12.0. The molecule has 0 fully saturated rings. The lowest BCUT2D eigenvalue weighted by atomic mass is 10.1. The fourth-order valence-corrected chi connectivity index (χ4v) is 3.18. The lowest BCUT2D eigenvalue weighted by Gasteiger charge is -2.22. The highest BCUT2D eigenvalue weighted by atomic mass is 16.3. The van der Waals surface area contributed by atoms with Gasteiger partial charge < -0.3 is 14.6 Å². The Balaban J connectivity index is 1.69. The van der Waals surface area contributed by atoms with E-state index in [4.69, 9.17) is 4.42 Å². The summed E-state index contributed by atoms with van der Waals surface area (Å²) in [7, 11) is 3.90. The third-order valence-corrected chi connectivity index (χ3v) is 4.57. The molecule has 0 aliphatic carbocycles. The van der Waals surface area contributed by atoms with Gasteiger partial charge in [0.1, 0.15) is 5.76 Å². The van der Waals surface area contributed by atoms with Crippen LogP contribution in [0.15, 0.2) is 41.0 Å². The number of benzene rings is 1. The van der Waals surface area contributed by atoms with Crippen LogP contribution in [0.25, 0.3) is 0 Å². The Labute approximate surface area is 147 Å². The van der Waals surface area contributed by atoms with E-state index < -0.39 is 0 Å². The maximum absolute atomic E-state index is 12.5. The van der Waals surface area contributed by atoms with E-state index in [1.54, 1.807) is 24.2 Å². The first kappa shape index (κ1) is 17.2. The number of hydrogen-bond donors (Lipinski definition) is 1. The molecule has 132 valence electrons. The molecule has 1 aliphatic heterocycles. The molecular weight excluding hydrogens is 318 g/mol. The van der Waals surface area contributed by atoms with Crippen LogP contribution in [0, 0.1) is 0 Å². The Kier molecular flexibility index (Phi) is 4.90. The van der Waals surface area contributed by atoms with Crippen LogP contribution in [-0.4, -0.2) is 43.9 Å². The zero-order valence-corrected chi connectivity index (χ0v) is 14.8. The third kappa shape index (κ3) is 3.58. The standard InChI is InChI=1S/C19H23N3O3/c1-13(23)22-9-8-14-11-15(6-7-16(14)22)19(24)20-12-17(21(2)3)18-5-4-10-25-18/h4-7,10-11,17H,8-9,12H2,1-3H3,(H,20,24)/t17-/m0/s1. The Hall–Kier alpha value is -2.60. The molecule has 0 saturated carbocycles. The molecule has 6 nitrogen and oxygen atoms in total. The van der Waals surface area contributed by atoms with E-state index in [1.807, 2.05) is 43.3 Å². The van der Waals surface area contributed by atoms with Crippen molar-refractivity contribution in [2.75, 3.05) is 32.1 Å². The van der Waals surface area contributed by atoms with E-state index >= 15 is 0 Å². The van der Waals surface area contributed by atoms with Crippen molar-refractivity contribution in [3.8, 4) is 0 Å². The van der Waals surface area contributed by atoms with E-state index in [2.05, 4.69) is 5.32 Å². The minimum atomic E-state index is -0.123. The number of likely N-dealkylation sites (N-methyl/N-ethyl adjacent to an activating group) is 1. The molecule has 0 bridgehead atoms. The predicted molar refractivity (Wildman–Crippen MR) is 95.6 cm³/mol. The summed E-state index contributed by atoms with van der Waals surface area (Å²) in [5.41, 5.74) is 2.56. The molecule has 1 aromatic carbocycles. The van der Waals surface area contributed by atoms with Gasteiger partial charge in [-0.15, -0.1) is 0 Å². The number of amides is 2. The summed E-state index contributed by atoms with van der Waals surface area (Å²) in [6, 6.07) is 9.23. The molecular formula is C19H23N3O3. The SMILES string of the molecule is CC(=O)N1CCc2cc(C(=O)NC[C@@H](c3ccco3)N(C)C)ccc21. The van der Waals surface area contributed by atoms with Gasteiger partial charge in [0.25, 0.3) is 5.91 Å². The van der Waals surface area contributed by atoms with Crippen LogP contribution in [0.4, 0.5) is 5.69 Å². The minimum absolute atomic E-state index is 0.0263. The maximum Gasteiger partial charge on any atom is 0.251 e. The fourth-order valence-electron chi connectivity index (χ4n) is 3.18. The van der Waals surface area contributed by atoms with E-state index in [9.17, 15) is 9.59 Å². The quantitative estimate of drug-likeness (QED) is 0.906. The monoisotopic (exact) mass is 341 g/mol. The van der Waals surface area contributed by atoms with Gasteiger partial charge >= 0.3 is 0 Å². The summed E-state index contributed by atoms with van der Waals surface area (Å²) in [5, 5.41) is 2.97. The number of carbonyl (C=O) groups is 2. The normalized spacial score (nSPS) is 14.5. The summed E-state index contributed by atoms with van der Waals surface area (Å²) >= 11 is 0. The molecule has 0 unspecified atom stereocenters. The minimum Gasteiger partial charge on any atom is -0.468 e. The number of carbonyl (C=O) groups excluding carboxylic acids is 2. The van der Waals surface area contributed by atoms with Gasteiger partial charge in [-0.2, -0.15) is 0 Å². The lowest BCUT2D eigenvalue weighted by Crippen LogP contribution is -2.34. The number of anilines is 1. The van der Waals surface area contributed by atoms with Gasteiger partial charge in [0.2, 0.25) is 5.91 Å². The average molecular weight is 341 g/mol. The van der Waals surface area contributed by atoms with Crippen LogP contribution in [0.1, 0.15) is 34.6 Å². The van der Waals surface area contributed by atoms with Crippen molar-refractivity contribution >= 4 is 17.5 Å². The van der Waals surface area contributed by atoms with E-state index in [1.165, 1.54) is 0 Å². The van der Waals surface area contributed by atoms with Crippen molar-refractivity contribution in [1.29, 1.82) is 0 Å². The molecule has 3 rings (SSSR count). The van der Waals surface area contributed by atoms with Crippen LogP contribution in [0.3, 0.4) is 0 Å². The van der Waals surface area contributed by atoms with E-state index in [0.29, 0.717) is 18.7 Å². The highest BCUT2D eigenvalue weighted by molar-refractivity contribution is 5.97. The summed E-state index contributed by atoms with van der Waals surface area (Å²) in [6.07, 6.45) is 2.41. The Morgan fingerprint density at radius 2 is 2.12 bits per heavy atom. The van der Waals surface area contributed by atoms with E-state index in [-0.39, 0.29) is 17.9 Å². The molecule has 2 aromatic rings. The van der Waals surface area contributed by atoms with E-state index in [0.717, 1.165) is 23.4 Å². The number of hydrogen-bond acceptors (Lipinski definition) is 4. The summed E-state index contributed by atoms with van der Waals surface area (Å²) in [4.78, 5) is 27.9. The Bertz CT molecular complexity index is 768. The average Bonchev–Trinajstić information content (AvgIpc) is 3.23. The fraction of sp³-hybridized carbons (Fsp3) is 0.368. The number of fused-ring (bicyclic) bond motifs is 1. The van der Waals surface area contributed by atoms with Crippen LogP contribution >= 0.6 is 0 Å². The first-order valence-electron chi connectivity index (χ1n) is 8.36. The molecule has 6 heteroatoms. The second-order valence-electron chi connectivity index (χ2n) is 6.47. The third-order valence-electron chi connectivity index (χ3n) is 4.57. The highest BCUT2D eigenvalue weighted by Crippen LogP contribution is 2.29. The number of rotatable bonds is 5. The Morgan fingerprint density at radius 3 is 2.76 bits per heavy atom. The summed E-state index contributed by atoms with van der Waals surface area (Å²) < 4.78 is 5.46. The van der Waals surface area contributed by atoms with Gasteiger partial charge in [-0.25, -0.2) is 0 Å². The summed E-state index contributed by atoms with van der Waals surface area (Å²) in [5.74, 6) is 0.724. The smallest absolute Gasteiger partial charge is 0.251 e. The zero-order valence-electron chi connectivity index (χ0n) is 14.8. The molecule has 2 amide bonds. The van der Waals surface area contributed by atoms with Crippen molar-refractivity contribution < 1.29 is 14.0 Å². The summed E-state index contributed by atoms with van der Waals surface area (Å²) in [6.45, 7) is 2.69. The topological polar surface area (TPSA) is 65.8 Å². The van der Waals surface area contributed by atoms with Crippen LogP contribution < -0.4 is 10.2 Å². The molecule has 1 aromatic heterocycles. The number of furan rings is 1. The first-order valence-corrected chi connectivity index (χ1v) is 8.36. The van der Waals surface area contributed by atoms with Crippen molar-refractivity contribution in [2.45, 2.75) is 19.4 Å². The van der Waals surface area contributed by atoms with Crippen molar-refractivity contribution in [2.24, 2.45) is 0 Å². The van der Waals surface area contributed by atoms with Crippen LogP contribution in [0.5, 0.6) is 0 Å². The second-order valence-corrected chi connectivity index (χ2v) is 6.47. The van der Waals surface area contributed by atoms with Gasteiger partial charge in [-0.05, 0) is 56.4 Å². The molecule has 1 atom stereocenters. The predicted octanol–water partition coefficient (Wildman–Crippen LogP) is 2.22. The molecule has 0 radical (unpaired) electrons. The molecule has 25 heavy (non-hydrogen) atoms. The van der Waals surface area contributed by atoms with Crippen molar-refractivity contribution in [3.05, 3.63) is 53.5 Å². The second kappa shape index (κ2) is 7.11. The molecule has 0 saturated heterocycles. The van der Waals surface area contributed by atoms with Crippen LogP contribution in [-0.2, 0) is 11.2 Å². The van der Waals surface area contributed by atoms with Gasteiger partial charge in [-0.3, -0.25) is 14.5 Å².